The van der Waals surface area contributed by atoms with E-state index in [9.17, 15) is 9.59 Å². The topological polar surface area (TPSA) is 101 Å². The van der Waals surface area contributed by atoms with Crippen LogP contribution in [-0.4, -0.2) is 36.3 Å². The standard InChI is InChI=1S/C8H16N4O2/c1-8(7(9)14)2-3-12(5-8)4-6(13)11-10/h2-5,10H2,1H3,(H2,9,14)(H,11,13). The number of primary amides is 1. The Balaban J connectivity index is 2.49. The summed E-state index contributed by atoms with van der Waals surface area (Å²) in [7, 11) is 0. The number of hydrogen-bond donors (Lipinski definition) is 3. The first kappa shape index (κ1) is 10.9. The molecule has 6 heteroatoms. The van der Waals surface area contributed by atoms with Crippen molar-refractivity contribution >= 4 is 11.8 Å². The average molecular weight is 200 g/mol. The number of nitrogens with two attached hydrogens (primary N) is 2. The van der Waals surface area contributed by atoms with Gasteiger partial charge in [-0.25, -0.2) is 5.84 Å². The van der Waals surface area contributed by atoms with Crippen LogP contribution in [0.5, 0.6) is 0 Å². The minimum atomic E-state index is -0.505. The molecule has 0 saturated carbocycles. The fraction of sp³-hybridized carbons (Fsp3) is 0.750. The monoisotopic (exact) mass is 200 g/mol. The van der Waals surface area contributed by atoms with E-state index in [0.29, 0.717) is 19.5 Å². The molecule has 0 aliphatic carbocycles. The van der Waals surface area contributed by atoms with Gasteiger partial charge in [-0.15, -0.1) is 0 Å². The summed E-state index contributed by atoms with van der Waals surface area (Å²) in [5.74, 6) is 4.40. The molecule has 14 heavy (non-hydrogen) atoms. The number of amides is 2. The summed E-state index contributed by atoms with van der Waals surface area (Å²) in [5.41, 5.74) is 6.81. The summed E-state index contributed by atoms with van der Waals surface area (Å²) in [4.78, 5) is 23.9. The lowest BCUT2D eigenvalue weighted by molar-refractivity contribution is -0.127. The zero-order valence-electron chi connectivity index (χ0n) is 8.25. The van der Waals surface area contributed by atoms with Gasteiger partial charge in [-0.2, -0.15) is 0 Å². The molecule has 1 unspecified atom stereocenters. The van der Waals surface area contributed by atoms with Gasteiger partial charge in [-0.1, -0.05) is 0 Å². The lowest BCUT2D eigenvalue weighted by Crippen LogP contribution is -2.42. The van der Waals surface area contributed by atoms with Crippen LogP contribution < -0.4 is 17.0 Å². The molecule has 80 valence electrons. The Hall–Kier alpha value is -1.14. The van der Waals surface area contributed by atoms with Crippen molar-refractivity contribution in [1.29, 1.82) is 0 Å². The lowest BCUT2D eigenvalue weighted by Gasteiger charge is -2.20. The number of carbonyl (C=O) groups excluding carboxylic acids is 2. The second kappa shape index (κ2) is 3.93. The largest absolute Gasteiger partial charge is 0.369 e. The van der Waals surface area contributed by atoms with Crippen molar-refractivity contribution in [2.75, 3.05) is 19.6 Å². The molecule has 0 spiro atoms. The van der Waals surface area contributed by atoms with Crippen molar-refractivity contribution in [3.8, 4) is 0 Å². The van der Waals surface area contributed by atoms with Crippen molar-refractivity contribution < 1.29 is 9.59 Å². The predicted octanol–water partition coefficient (Wildman–Crippen LogP) is -1.83. The third-order valence-corrected chi connectivity index (χ3v) is 2.68. The molecule has 1 aliphatic rings. The van der Waals surface area contributed by atoms with E-state index in [-0.39, 0.29) is 18.4 Å². The van der Waals surface area contributed by atoms with Gasteiger partial charge in [0.05, 0.1) is 12.0 Å². The first-order chi connectivity index (χ1) is 6.48. The lowest BCUT2D eigenvalue weighted by atomic mass is 9.89. The van der Waals surface area contributed by atoms with Crippen LogP contribution >= 0.6 is 0 Å². The molecule has 2 amide bonds. The third kappa shape index (κ3) is 2.21. The van der Waals surface area contributed by atoms with Gasteiger partial charge >= 0.3 is 0 Å². The molecule has 1 heterocycles. The predicted molar refractivity (Wildman–Crippen MR) is 50.7 cm³/mol. The molecule has 1 atom stereocenters. The van der Waals surface area contributed by atoms with Gasteiger partial charge < -0.3 is 5.73 Å². The highest BCUT2D eigenvalue weighted by molar-refractivity contribution is 5.81. The fourth-order valence-electron chi connectivity index (χ4n) is 1.64. The fourth-order valence-corrected chi connectivity index (χ4v) is 1.64. The molecule has 0 aromatic rings. The zero-order chi connectivity index (χ0) is 10.8. The Bertz CT molecular complexity index is 256. The summed E-state index contributed by atoms with van der Waals surface area (Å²) >= 11 is 0. The average Bonchev–Trinajstić information content (AvgIpc) is 2.49. The third-order valence-electron chi connectivity index (χ3n) is 2.68. The van der Waals surface area contributed by atoms with Crippen LogP contribution in [0.15, 0.2) is 0 Å². The molecular weight excluding hydrogens is 184 g/mol. The van der Waals surface area contributed by atoms with E-state index < -0.39 is 5.41 Å². The summed E-state index contributed by atoms with van der Waals surface area (Å²) < 4.78 is 0. The van der Waals surface area contributed by atoms with Crippen molar-refractivity contribution in [3.05, 3.63) is 0 Å². The van der Waals surface area contributed by atoms with Crippen LogP contribution in [0.25, 0.3) is 0 Å². The van der Waals surface area contributed by atoms with Crippen LogP contribution in [0.4, 0.5) is 0 Å². The van der Waals surface area contributed by atoms with Gasteiger partial charge in [-0.05, 0) is 19.9 Å². The Kier molecular flexibility index (Phi) is 3.07. The maximum atomic E-state index is 11.1. The van der Waals surface area contributed by atoms with E-state index in [1.807, 2.05) is 11.8 Å². The van der Waals surface area contributed by atoms with E-state index >= 15 is 0 Å². The van der Waals surface area contributed by atoms with Gasteiger partial charge in [0.25, 0.3) is 0 Å². The Labute approximate surface area is 82.6 Å². The summed E-state index contributed by atoms with van der Waals surface area (Å²) in [5, 5.41) is 0. The van der Waals surface area contributed by atoms with Crippen molar-refractivity contribution in [2.45, 2.75) is 13.3 Å². The summed E-state index contributed by atoms with van der Waals surface area (Å²) in [6.45, 7) is 3.26. The Morgan fingerprint density at radius 3 is 2.64 bits per heavy atom. The molecular formula is C8H16N4O2. The second-order valence-corrected chi connectivity index (χ2v) is 3.95. The number of nitrogens with one attached hydrogen (secondary N) is 1. The van der Waals surface area contributed by atoms with Crippen LogP contribution in [0.2, 0.25) is 0 Å². The normalized spacial score (nSPS) is 27.6. The first-order valence-electron chi connectivity index (χ1n) is 4.49. The molecule has 0 aromatic heterocycles. The van der Waals surface area contributed by atoms with Crippen molar-refractivity contribution in [2.24, 2.45) is 17.0 Å². The maximum absolute atomic E-state index is 11.1. The van der Waals surface area contributed by atoms with Gasteiger partial charge in [0, 0.05) is 6.54 Å². The molecule has 1 saturated heterocycles. The number of hydrogen-bond acceptors (Lipinski definition) is 4. The molecule has 5 N–H and O–H groups in total. The Morgan fingerprint density at radius 1 is 1.57 bits per heavy atom. The number of likely N-dealkylation sites (tertiary alicyclic amines) is 1. The summed E-state index contributed by atoms with van der Waals surface area (Å²) in [6, 6.07) is 0. The van der Waals surface area contributed by atoms with Crippen LogP contribution in [0.3, 0.4) is 0 Å². The smallest absolute Gasteiger partial charge is 0.248 e. The minimum Gasteiger partial charge on any atom is -0.369 e. The van der Waals surface area contributed by atoms with Crippen molar-refractivity contribution in [1.82, 2.24) is 10.3 Å². The maximum Gasteiger partial charge on any atom is 0.248 e. The molecule has 1 aliphatic heterocycles. The first-order valence-corrected chi connectivity index (χ1v) is 4.49. The molecule has 1 rings (SSSR count). The summed E-state index contributed by atoms with van der Waals surface area (Å²) in [6.07, 6.45) is 0.695. The number of carbonyl (C=O) groups is 2. The van der Waals surface area contributed by atoms with Gasteiger partial charge in [0.2, 0.25) is 11.8 Å². The van der Waals surface area contributed by atoms with Gasteiger partial charge in [-0.3, -0.25) is 19.9 Å². The molecule has 0 bridgehead atoms. The van der Waals surface area contributed by atoms with Crippen LogP contribution in [0.1, 0.15) is 13.3 Å². The van der Waals surface area contributed by atoms with Crippen LogP contribution in [0, 0.1) is 5.41 Å². The van der Waals surface area contributed by atoms with E-state index in [1.54, 1.807) is 0 Å². The Morgan fingerprint density at radius 2 is 2.21 bits per heavy atom. The zero-order valence-corrected chi connectivity index (χ0v) is 8.25. The number of rotatable bonds is 3. The highest BCUT2D eigenvalue weighted by atomic mass is 16.2. The highest BCUT2D eigenvalue weighted by Gasteiger charge is 2.39. The molecule has 6 nitrogen and oxygen atoms in total. The number of nitrogens with zero attached hydrogens (tertiary/aromatic N) is 1. The highest BCUT2D eigenvalue weighted by Crippen LogP contribution is 2.28. The molecule has 0 radical (unpaired) electrons. The van der Waals surface area contributed by atoms with E-state index in [2.05, 4.69) is 5.43 Å². The minimum absolute atomic E-state index is 0.222. The van der Waals surface area contributed by atoms with Gasteiger partial charge in [0.15, 0.2) is 0 Å². The van der Waals surface area contributed by atoms with E-state index in [4.69, 9.17) is 11.6 Å². The second-order valence-electron chi connectivity index (χ2n) is 3.95. The molecule has 0 aromatic carbocycles. The quantitative estimate of drug-likeness (QED) is 0.283. The number of hydrazine groups is 1. The van der Waals surface area contributed by atoms with Crippen molar-refractivity contribution in [3.63, 3.8) is 0 Å². The SMILES string of the molecule is CC1(C(N)=O)CCN(CC(=O)NN)C1. The van der Waals surface area contributed by atoms with E-state index in [1.165, 1.54) is 0 Å². The van der Waals surface area contributed by atoms with E-state index in [0.717, 1.165) is 0 Å². The van der Waals surface area contributed by atoms with Gasteiger partial charge in [0.1, 0.15) is 0 Å². The van der Waals surface area contributed by atoms with Crippen LogP contribution in [-0.2, 0) is 9.59 Å². The molecule has 1 fully saturated rings.